The van der Waals surface area contributed by atoms with Crippen molar-refractivity contribution in [2.75, 3.05) is 19.6 Å². The molecule has 0 rings (SSSR count). The zero-order chi connectivity index (χ0) is 16.1. The Bertz CT molecular complexity index is 334. The number of rotatable bonds is 12. The fourth-order valence-corrected chi connectivity index (χ4v) is 1.77. The van der Waals surface area contributed by atoms with Gasteiger partial charge in [-0.05, 0) is 32.7 Å². The fraction of sp³-hybridized carbons (Fsp3) is 0.786. The van der Waals surface area contributed by atoms with E-state index in [1.54, 1.807) is 6.92 Å². The van der Waals surface area contributed by atoms with Crippen molar-refractivity contribution in [3.8, 4) is 0 Å². The summed E-state index contributed by atoms with van der Waals surface area (Å²) >= 11 is 0. The molecule has 1 atom stereocenters. The molecule has 0 aromatic heterocycles. The van der Waals surface area contributed by atoms with Crippen LogP contribution in [0.4, 0.5) is 4.79 Å². The summed E-state index contributed by atoms with van der Waals surface area (Å²) in [7, 11) is 0. The molecule has 0 aromatic carbocycles. The van der Waals surface area contributed by atoms with Gasteiger partial charge in [0.25, 0.3) is 0 Å². The Balaban J connectivity index is 3.57. The van der Waals surface area contributed by atoms with Gasteiger partial charge in [-0.2, -0.15) is 0 Å². The highest BCUT2D eigenvalue weighted by Gasteiger charge is 2.18. The maximum absolute atomic E-state index is 11.5. The van der Waals surface area contributed by atoms with Crippen LogP contribution in [0.2, 0.25) is 0 Å². The number of carbonyl (C=O) groups is 3. The first-order valence-corrected chi connectivity index (χ1v) is 7.44. The van der Waals surface area contributed by atoms with Gasteiger partial charge in [-0.25, -0.2) is 9.59 Å². The number of Topliss-reactive ketones (excluding diaryl/α,β-unsaturated/α-hetero) is 1. The van der Waals surface area contributed by atoms with Crippen LogP contribution >= 0.6 is 0 Å². The van der Waals surface area contributed by atoms with Gasteiger partial charge in [0.05, 0.1) is 6.54 Å². The number of amides is 2. The molecule has 0 radical (unpaired) electrons. The van der Waals surface area contributed by atoms with Crippen LogP contribution < -0.4 is 16.0 Å². The van der Waals surface area contributed by atoms with Crippen LogP contribution in [0.15, 0.2) is 0 Å². The van der Waals surface area contributed by atoms with Gasteiger partial charge in [0, 0.05) is 6.54 Å². The smallest absolute Gasteiger partial charge is 0.326 e. The summed E-state index contributed by atoms with van der Waals surface area (Å²) in [6, 6.07) is -1.27. The Hall–Kier alpha value is -1.63. The van der Waals surface area contributed by atoms with Crippen LogP contribution in [0.5, 0.6) is 0 Å². The van der Waals surface area contributed by atoms with Crippen molar-refractivity contribution in [1.29, 1.82) is 0 Å². The lowest BCUT2D eigenvalue weighted by Gasteiger charge is -2.14. The molecule has 0 spiro atoms. The van der Waals surface area contributed by atoms with Gasteiger partial charge in [-0.1, -0.05) is 19.8 Å². The summed E-state index contributed by atoms with van der Waals surface area (Å²) in [6.45, 7) is 5.10. The van der Waals surface area contributed by atoms with E-state index in [1.165, 1.54) is 0 Å². The van der Waals surface area contributed by atoms with Gasteiger partial charge in [0.1, 0.15) is 11.8 Å². The molecule has 0 aromatic rings. The van der Waals surface area contributed by atoms with E-state index in [2.05, 4.69) is 16.0 Å². The van der Waals surface area contributed by atoms with Crippen molar-refractivity contribution in [1.82, 2.24) is 16.0 Å². The minimum atomic E-state index is -1.01. The second kappa shape index (κ2) is 12.1. The van der Waals surface area contributed by atoms with Crippen molar-refractivity contribution in [3.05, 3.63) is 0 Å². The topological polar surface area (TPSA) is 108 Å². The van der Waals surface area contributed by atoms with E-state index in [-0.39, 0.29) is 5.78 Å². The molecule has 0 heterocycles. The van der Waals surface area contributed by atoms with E-state index in [9.17, 15) is 14.4 Å². The Kier molecular flexibility index (Phi) is 11.2. The standard InChI is InChI=1S/C14H27N3O4/c1-3-7-12(13(19)20)17-14(21)16-9-6-4-5-8-15-10-11(2)18/h12,15H,3-10H2,1-2H3,(H,19,20)(H2,16,17,21)/t12-/m0/s1. The van der Waals surface area contributed by atoms with E-state index >= 15 is 0 Å². The first-order chi connectivity index (χ1) is 9.97. The van der Waals surface area contributed by atoms with E-state index in [0.717, 1.165) is 25.8 Å². The second-order valence-corrected chi connectivity index (χ2v) is 5.02. The van der Waals surface area contributed by atoms with E-state index in [4.69, 9.17) is 5.11 Å². The molecule has 4 N–H and O–H groups in total. The number of carboxylic acids is 1. The average molecular weight is 301 g/mol. The van der Waals surface area contributed by atoms with Crippen LogP contribution in [-0.4, -0.2) is 48.6 Å². The SMILES string of the molecule is CCC[C@H](NC(=O)NCCCCCNCC(C)=O)C(=O)O. The molecule has 7 heteroatoms. The normalized spacial score (nSPS) is 11.7. The molecule has 7 nitrogen and oxygen atoms in total. The number of carbonyl (C=O) groups excluding carboxylic acids is 2. The van der Waals surface area contributed by atoms with Crippen molar-refractivity contribution in [3.63, 3.8) is 0 Å². The predicted octanol–water partition coefficient (Wildman–Crippen LogP) is 0.888. The van der Waals surface area contributed by atoms with E-state index in [1.807, 2.05) is 6.92 Å². The van der Waals surface area contributed by atoms with Crippen molar-refractivity contribution in [2.45, 2.75) is 52.0 Å². The van der Waals surface area contributed by atoms with Crippen LogP contribution in [0, 0.1) is 0 Å². The molecule has 0 aliphatic rings. The largest absolute Gasteiger partial charge is 0.480 e. The molecule has 0 unspecified atom stereocenters. The van der Waals surface area contributed by atoms with Gasteiger partial charge < -0.3 is 21.1 Å². The fourth-order valence-electron chi connectivity index (χ4n) is 1.77. The molecule has 2 amide bonds. The van der Waals surface area contributed by atoms with Crippen LogP contribution in [0.25, 0.3) is 0 Å². The van der Waals surface area contributed by atoms with Gasteiger partial charge in [0.15, 0.2) is 0 Å². The third kappa shape index (κ3) is 11.9. The van der Waals surface area contributed by atoms with Crippen molar-refractivity contribution >= 4 is 17.8 Å². The third-order valence-corrected chi connectivity index (χ3v) is 2.87. The third-order valence-electron chi connectivity index (χ3n) is 2.87. The average Bonchev–Trinajstić information content (AvgIpc) is 2.40. The minimum Gasteiger partial charge on any atom is -0.480 e. The molecule has 0 aliphatic carbocycles. The van der Waals surface area contributed by atoms with Crippen molar-refractivity contribution in [2.24, 2.45) is 0 Å². The van der Waals surface area contributed by atoms with E-state index < -0.39 is 18.0 Å². The highest BCUT2D eigenvalue weighted by Crippen LogP contribution is 1.97. The van der Waals surface area contributed by atoms with Crippen LogP contribution in [0.1, 0.15) is 46.0 Å². The summed E-state index contributed by atoms with van der Waals surface area (Å²) in [5.41, 5.74) is 0. The molecular formula is C14H27N3O4. The second-order valence-electron chi connectivity index (χ2n) is 5.02. The van der Waals surface area contributed by atoms with Crippen LogP contribution in [-0.2, 0) is 9.59 Å². The summed E-state index contributed by atoms with van der Waals surface area (Å²) in [5, 5.41) is 17.0. The Morgan fingerprint density at radius 1 is 1.10 bits per heavy atom. The number of unbranched alkanes of at least 4 members (excludes halogenated alkanes) is 2. The first-order valence-electron chi connectivity index (χ1n) is 7.44. The number of nitrogens with one attached hydrogen (secondary N) is 3. The summed E-state index contributed by atoms with van der Waals surface area (Å²) < 4.78 is 0. The highest BCUT2D eigenvalue weighted by atomic mass is 16.4. The number of carboxylic acid groups (broad SMARTS) is 1. The zero-order valence-corrected chi connectivity index (χ0v) is 12.9. The summed E-state index contributed by atoms with van der Waals surface area (Å²) in [5.74, 6) is -0.892. The number of hydrogen-bond donors (Lipinski definition) is 4. The number of urea groups is 1. The maximum Gasteiger partial charge on any atom is 0.326 e. The molecule has 21 heavy (non-hydrogen) atoms. The Labute approximate surface area is 125 Å². The number of hydrogen-bond acceptors (Lipinski definition) is 4. The summed E-state index contributed by atoms with van der Waals surface area (Å²) in [4.78, 5) is 33.1. The predicted molar refractivity (Wildman–Crippen MR) is 80.3 cm³/mol. The molecule has 0 saturated carbocycles. The first kappa shape index (κ1) is 19.4. The number of aliphatic carboxylic acids is 1. The van der Waals surface area contributed by atoms with Gasteiger partial charge in [0.2, 0.25) is 0 Å². The molecule has 0 aliphatic heterocycles. The molecule has 0 saturated heterocycles. The molecule has 122 valence electrons. The molecule has 0 fully saturated rings. The lowest BCUT2D eigenvalue weighted by molar-refractivity contribution is -0.139. The maximum atomic E-state index is 11.5. The monoisotopic (exact) mass is 301 g/mol. The van der Waals surface area contributed by atoms with Gasteiger partial charge >= 0.3 is 12.0 Å². The highest BCUT2D eigenvalue weighted by molar-refractivity contribution is 5.82. The van der Waals surface area contributed by atoms with Crippen LogP contribution in [0.3, 0.4) is 0 Å². The number of ketones is 1. The lowest BCUT2D eigenvalue weighted by atomic mass is 10.2. The van der Waals surface area contributed by atoms with E-state index in [0.29, 0.717) is 25.9 Å². The Morgan fingerprint density at radius 3 is 2.33 bits per heavy atom. The molecule has 0 bridgehead atoms. The van der Waals surface area contributed by atoms with Crippen molar-refractivity contribution < 1.29 is 19.5 Å². The molecular weight excluding hydrogens is 274 g/mol. The quantitative estimate of drug-likeness (QED) is 0.400. The zero-order valence-electron chi connectivity index (χ0n) is 12.9. The van der Waals surface area contributed by atoms with Gasteiger partial charge in [-0.15, -0.1) is 0 Å². The lowest BCUT2D eigenvalue weighted by Crippen LogP contribution is -2.46. The Morgan fingerprint density at radius 2 is 1.76 bits per heavy atom. The summed E-state index contributed by atoms with van der Waals surface area (Å²) in [6.07, 6.45) is 3.81. The minimum absolute atomic E-state index is 0.119. The van der Waals surface area contributed by atoms with Gasteiger partial charge in [-0.3, -0.25) is 4.79 Å².